The summed E-state index contributed by atoms with van der Waals surface area (Å²) in [7, 11) is 0. The monoisotopic (exact) mass is 447 g/mol. The standard InChI is InChI=1S/C20H25N5O5S/c1-15-13-21-20(31-15)22-18(26)14-24(7-3-6-23-8-10-30-11-9-23)19(27)16-4-2-5-17(12-16)25(28)29/h2,4-5,12-13H,3,6-11,14H2,1H3,(H,21,22,26). The fourth-order valence-corrected chi connectivity index (χ4v) is 3.92. The molecular weight excluding hydrogens is 422 g/mol. The molecule has 1 N–H and O–H groups in total. The summed E-state index contributed by atoms with van der Waals surface area (Å²) < 4.78 is 5.35. The van der Waals surface area contributed by atoms with Crippen molar-refractivity contribution in [2.24, 2.45) is 0 Å². The molecule has 1 saturated heterocycles. The zero-order chi connectivity index (χ0) is 22.2. The van der Waals surface area contributed by atoms with Crippen LogP contribution in [0.5, 0.6) is 0 Å². The van der Waals surface area contributed by atoms with Crippen molar-refractivity contribution in [3.05, 3.63) is 51.0 Å². The third kappa shape index (κ3) is 6.81. The molecule has 0 spiro atoms. The maximum Gasteiger partial charge on any atom is 0.270 e. The van der Waals surface area contributed by atoms with Crippen LogP contribution in [0.3, 0.4) is 0 Å². The normalized spacial score (nSPS) is 14.2. The van der Waals surface area contributed by atoms with Gasteiger partial charge in [-0.2, -0.15) is 0 Å². The Hall–Kier alpha value is -2.89. The van der Waals surface area contributed by atoms with Gasteiger partial charge in [0.15, 0.2) is 5.13 Å². The molecule has 1 aromatic heterocycles. The third-order valence-corrected chi connectivity index (χ3v) is 5.63. The van der Waals surface area contributed by atoms with Crippen LogP contribution < -0.4 is 5.32 Å². The smallest absolute Gasteiger partial charge is 0.270 e. The van der Waals surface area contributed by atoms with Gasteiger partial charge in [-0.15, -0.1) is 11.3 Å². The van der Waals surface area contributed by atoms with E-state index in [0.29, 0.717) is 31.3 Å². The highest BCUT2D eigenvalue weighted by Crippen LogP contribution is 2.18. The predicted octanol–water partition coefficient (Wildman–Crippen LogP) is 2.16. The summed E-state index contributed by atoms with van der Waals surface area (Å²) >= 11 is 1.35. The van der Waals surface area contributed by atoms with E-state index < -0.39 is 10.8 Å². The largest absolute Gasteiger partial charge is 0.379 e. The lowest BCUT2D eigenvalue weighted by Gasteiger charge is -2.28. The Morgan fingerprint density at radius 3 is 2.81 bits per heavy atom. The van der Waals surface area contributed by atoms with Gasteiger partial charge in [-0.3, -0.25) is 24.6 Å². The fourth-order valence-electron chi connectivity index (χ4n) is 3.24. The van der Waals surface area contributed by atoms with E-state index in [-0.39, 0.29) is 23.7 Å². The van der Waals surface area contributed by atoms with Crippen LogP contribution in [-0.4, -0.2) is 77.5 Å². The first-order valence-corrected chi connectivity index (χ1v) is 10.8. The molecule has 11 heteroatoms. The van der Waals surface area contributed by atoms with E-state index in [0.717, 1.165) is 24.5 Å². The maximum atomic E-state index is 13.1. The van der Waals surface area contributed by atoms with Gasteiger partial charge in [0.1, 0.15) is 6.54 Å². The van der Waals surface area contributed by atoms with Gasteiger partial charge in [-0.05, 0) is 19.4 Å². The van der Waals surface area contributed by atoms with Gasteiger partial charge in [0.2, 0.25) is 5.91 Å². The minimum atomic E-state index is -0.545. The summed E-state index contributed by atoms with van der Waals surface area (Å²) in [5, 5.41) is 14.2. The van der Waals surface area contributed by atoms with Gasteiger partial charge >= 0.3 is 0 Å². The van der Waals surface area contributed by atoms with Crippen LogP contribution in [0.15, 0.2) is 30.5 Å². The number of aryl methyl sites for hydroxylation is 1. The molecule has 2 amide bonds. The van der Waals surface area contributed by atoms with Crippen LogP contribution in [-0.2, 0) is 9.53 Å². The van der Waals surface area contributed by atoms with Crippen LogP contribution in [0.2, 0.25) is 0 Å². The van der Waals surface area contributed by atoms with Crippen molar-refractivity contribution in [3.8, 4) is 0 Å². The molecular formula is C20H25N5O5S. The van der Waals surface area contributed by atoms with E-state index in [9.17, 15) is 19.7 Å². The Bertz CT molecular complexity index is 928. The molecule has 0 atom stereocenters. The molecule has 1 aromatic carbocycles. The molecule has 0 radical (unpaired) electrons. The van der Waals surface area contributed by atoms with Crippen molar-refractivity contribution in [1.82, 2.24) is 14.8 Å². The molecule has 2 heterocycles. The van der Waals surface area contributed by atoms with Gasteiger partial charge in [-0.25, -0.2) is 4.98 Å². The van der Waals surface area contributed by atoms with Gasteiger partial charge in [-0.1, -0.05) is 6.07 Å². The number of nitro groups is 1. The number of nitrogens with zero attached hydrogens (tertiary/aromatic N) is 4. The number of amides is 2. The zero-order valence-corrected chi connectivity index (χ0v) is 18.1. The van der Waals surface area contributed by atoms with Crippen LogP contribution in [0.1, 0.15) is 21.7 Å². The van der Waals surface area contributed by atoms with E-state index in [2.05, 4.69) is 15.2 Å². The number of hydrogen-bond donors (Lipinski definition) is 1. The molecule has 31 heavy (non-hydrogen) atoms. The number of nitro benzene ring substituents is 1. The van der Waals surface area contributed by atoms with E-state index >= 15 is 0 Å². The topological polar surface area (TPSA) is 118 Å². The van der Waals surface area contributed by atoms with Gasteiger partial charge < -0.3 is 15.0 Å². The van der Waals surface area contributed by atoms with Crippen LogP contribution in [0.4, 0.5) is 10.8 Å². The van der Waals surface area contributed by atoms with Crippen molar-refractivity contribution < 1.29 is 19.2 Å². The molecule has 0 aliphatic carbocycles. The second kappa shape index (κ2) is 10.9. The minimum Gasteiger partial charge on any atom is -0.379 e. The molecule has 1 aliphatic heterocycles. The van der Waals surface area contributed by atoms with Crippen LogP contribution in [0.25, 0.3) is 0 Å². The number of ether oxygens (including phenoxy) is 1. The lowest BCUT2D eigenvalue weighted by atomic mass is 10.1. The van der Waals surface area contributed by atoms with Gasteiger partial charge in [0, 0.05) is 54.9 Å². The minimum absolute atomic E-state index is 0.163. The summed E-state index contributed by atoms with van der Waals surface area (Å²) in [6.45, 7) is 5.89. The van der Waals surface area contributed by atoms with E-state index in [1.165, 1.54) is 40.5 Å². The summed E-state index contributed by atoms with van der Waals surface area (Å²) in [6.07, 6.45) is 2.33. The number of anilines is 1. The summed E-state index contributed by atoms with van der Waals surface area (Å²) in [4.78, 5) is 44.9. The number of carbonyl (C=O) groups excluding carboxylic acids is 2. The molecule has 3 rings (SSSR count). The Balaban J connectivity index is 1.67. The summed E-state index contributed by atoms with van der Waals surface area (Å²) in [5.74, 6) is -0.782. The van der Waals surface area contributed by atoms with Crippen molar-refractivity contribution in [2.45, 2.75) is 13.3 Å². The predicted molar refractivity (Wildman–Crippen MR) is 116 cm³/mol. The molecule has 0 saturated carbocycles. The fraction of sp³-hybridized carbons (Fsp3) is 0.450. The molecule has 0 unspecified atom stereocenters. The average molecular weight is 448 g/mol. The molecule has 1 fully saturated rings. The molecule has 0 bridgehead atoms. The van der Waals surface area contributed by atoms with Crippen LogP contribution >= 0.6 is 11.3 Å². The quantitative estimate of drug-likeness (QED) is 0.462. The number of rotatable bonds is 9. The lowest BCUT2D eigenvalue weighted by molar-refractivity contribution is -0.384. The third-order valence-electron chi connectivity index (χ3n) is 4.80. The molecule has 1 aliphatic rings. The maximum absolute atomic E-state index is 13.1. The number of morpholine rings is 1. The summed E-state index contributed by atoms with van der Waals surface area (Å²) in [6, 6.07) is 5.55. The van der Waals surface area contributed by atoms with E-state index in [1.54, 1.807) is 6.20 Å². The van der Waals surface area contributed by atoms with Crippen LogP contribution in [0, 0.1) is 17.0 Å². The Morgan fingerprint density at radius 1 is 1.35 bits per heavy atom. The number of thiazole rings is 1. The highest BCUT2D eigenvalue weighted by molar-refractivity contribution is 7.15. The van der Waals surface area contributed by atoms with Crippen molar-refractivity contribution in [1.29, 1.82) is 0 Å². The lowest BCUT2D eigenvalue weighted by Crippen LogP contribution is -2.41. The first kappa shape index (κ1) is 22.8. The Labute approximate surface area is 184 Å². The SMILES string of the molecule is Cc1cnc(NC(=O)CN(CCCN2CCOCC2)C(=O)c2cccc([N+](=O)[O-])c2)s1. The molecule has 166 valence electrons. The van der Waals surface area contributed by atoms with E-state index in [4.69, 9.17) is 4.74 Å². The number of non-ortho nitro benzene ring substituents is 1. The Kier molecular flexibility index (Phi) is 8.04. The van der Waals surface area contributed by atoms with Gasteiger partial charge in [0.25, 0.3) is 11.6 Å². The van der Waals surface area contributed by atoms with E-state index in [1.807, 2.05) is 6.92 Å². The first-order chi connectivity index (χ1) is 14.9. The first-order valence-electron chi connectivity index (χ1n) is 9.98. The Morgan fingerprint density at radius 2 is 2.13 bits per heavy atom. The average Bonchev–Trinajstić information content (AvgIpc) is 3.17. The summed E-state index contributed by atoms with van der Waals surface area (Å²) in [5.41, 5.74) is 0.0142. The number of carbonyl (C=O) groups is 2. The van der Waals surface area contributed by atoms with Crippen molar-refractivity contribution >= 4 is 34.0 Å². The van der Waals surface area contributed by atoms with Crippen molar-refractivity contribution in [3.63, 3.8) is 0 Å². The second-order valence-electron chi connectivity index (χ2n) is 7.17. The highest BCUT2D eigenvalue weighted by atomic mass is 32.1. The number of hydrogen-bond acceptors (Lipinski definition) is 8. The molecule has 2 aromatic rings. The number of nitrogens with one attached hydrogen (secondary N) is 1. The van der Waals surface area contributed by atoms with Crippen molar-refractivity contribution in [2.75, 3.05) is 51.3 Å². The highest BCUT2D eigenvalue weighted by Gasteiger charge is 2.22. The second-order valence-corrected chi connectivity index (χ2v) is 8.40. The zero-order valence-electron chi connectivity index (χ0n) is 17.3. The number of aromatic nitrogens is 1. The molecule has 10 nitrogen and oxygen atoms in total. The number of benzene rings is 1. The van der Waals surface area contributed by atoms with Gasteiger partial charge in [0.05, 0.1) is 18.1 Å².